The van der Waals surface area contributed by atoms with Crippen molar-refractivity contribution in [3.8, 4) is 5.75 Å². The SMILES string of the molecule is Cc1c(NC(=O)c2ccc(OCC3CCCO3)cc2)ccc2cc(CNC3C4CC5CC3CC(O)(C5)C4)cnc12. The van der Waals surface area contributed by atoms with E-state index in [2.05, 4.69) is 16.7 Å². The molecule has 8 rings (SSSR count). The lowest BCUT2D eigenvalue weighted by Gasteiger charge is -2.58. The van der Waals surface area contributed by atoms with Gasteiger partial charge in [0.05, 0.1) is 17.2 Å². The highest BCUT2D eigenvalue weighted by molar-refractivity contribution is 6.06. The molecule has 2 aromatic carbocycles. The van der Waals surface area contributed by atoms with Gasteiger partial charge in [0.15, 0.2) is 0 Å². The summed E-state index contributed by atoms with van der Waals surface area (Å²) in [5.74, 6) is 2.48. The van der Waals surface area contributed by atoms with E-state index in [0.717, 1.165) is 84.6 Å². The Morgan fingerprint density at radius 2 is 1.93 bits per heavy atom. The van der Waals surface area contributed by atoms with Gasteiger partial charge in [-0.3, -0.25) is 9.78 Å². The molecule has 1 aliphatic heterocycles. The molecule has 3 N–H and O–H groups in total. The van der Waals surface area contributed by atoms with Crippen LogP contribution >= 0.6 is 0 Å². The first kappa shape index (κ1) is 25.9. The fraction of sp³-hybridized carbons (Fsp3) is 0.515. The second-order valence-corrected chi connectivity index (χ2v) is 12.7. The molecule has 4 saturated carbocycles. The average molecular weight is 542 g/mol. The van der Waals surface area contributed by atoms with Crippen molar-refractivity contribution in [1.82, 2.24) is 10.3 Å². The Balaban J connectivity index is 0.979. The molecular weight excluding hydrogens is 502 g/mol. The number of nitrogens with zero attached hydrogens (tertiary/aromatic N) is 1. The molecule has 1 saturated heterocycles. The molecule has 0 spiro atoms. The van der Waals surface area contributed by atoms with E-state index in [4.69, 9.17) is 14.5 Å². The van der Waals surface area contributed by atoms with Crippen LogP contribution in [0.4, 0.5) is 5.69 Å². The Bertz CT molecular complexity index is 1380. The van der Waals surface area contributed by atoms with Gasteiger partial charge in [0.1, 0.15) is 12.4 Å². The van der Waals surface area contributed by atoms with Crippen molar-refractivity contribution < 1.29 is 19.4 Å². The van der Waals surface area contributed by atoms with Gasteiger partial charge in [0.25, 0.3) is 5.91 Å². The maximum absolute atomic E-state index is 13.0. The van der Waals surface area contributed by atoms with Crippen LogP contribution < -0.4 is 15.4 Å². The lowest BCUT2D eigenvalue weighted by Crippen LogP contribution is -2.60. The highest BCUT2D eigenvalue weighted by Crippen LogP contribution is 2.55. The molecular formula is C33H39N3O4. The molecule has 5 aliphatic rings. The van der Waals surface area contributed by atoms with E-state index in [9.17, 15) is 9.90 Å². The molecule has 3 atom stereocenters. The van der Waals surface area contributed by atoms with Crippen LogP contribution in [0.3, 0.4) is 0 Å². The van der Waals surface area contributed by atoms with Gasteiger partial charge >= 0.3 is 0 Å². The zero-order valence-corrected chi connectivity index (χ0v) is 23.2. The fourth-order valence-electron chi connectivity index (χ4n) is 8.04. The van der Waals surface area contributed by atoms with Gasteiger partial charge in [-0.25, -0.2) is 0 Å². The summed E-state index contributed by atoms with van der Waals surface area (Å²) < 4.78 is 11.4. The summed E-state index contributed by atoms with van der Waals surface area (Å²) in [6.45, 7) is 4.14. The summed E-state index contributed by atoms with van der Waals surface area (Å²) in [5, 5.41) is 18.8. The molecule has 210 valence electrons. The van der Waals surface area contributed by atoms with Gasteiger partial charge in [0, 0.05) is 42.0 Å². The predicted octanol–water partition coefficient (Wildman–Crippen LogP) is 5.38. The van der Waals surface area contributed by atoms with Gasteiger partial charge in [0.2, 0.25) is 0 Å². The second kappa shape index (κ2) is 10.4. The van der Waals surface area contributed by atoms with Gasteiger partial charge in [-0.05, 0) is 117 Å². The summed E-state index contributed by atoms with van der Waals surface area (Å²) in [6.07, 6.45) is 9.67. The normalized spacial score (nSPS) is 30.6. The fourth-order valence-corrected chi connectivity index (χ4v) is 8.04. The standard InChI is InChI=1S/C33H39N3O4/c1-20-29(36-32(37)23-4-7-27(8-5-23)40-19-28-3-2-10-39-28)9-6-24-13-22(17-34-30(20)24)18-35-31-25-11-21-12-26(31)16-33(38,14-21)15-25/h4-9,13,17,21,25-26,28,31,35,38H,2-3,10-12,14-16,18-19H2,1H3,(H,36,37). The van der Waals surface area contributed by atoms with Crippen molar-refractivity contribution in [3.05, 3.63) is 65.4 Å². The number of hydrogen-bond acceptors (Lipinski definition) is 6. The lowest BCUT2D eigenvalue weighted by molar-refractivity contribution is -0.138. The van der Waals surface area contributed by atoms with Crippen molar-refractivity contribution in [2.24, 2.45) is 17.8 Å². The number of benzene rings is 2. The van der Waals surface area contributed by atoms with Crippen LogP contribution in [0.2, 0.25) is 0 Å². The first-order valence-corrected chi connectivity index (χ1v) is 14.9. The molecule has 7 nitrogen and oxygen atoms in total. The van der Waals surface area contributed by atoms with Crippen LogP contribution in [-0.4, -0.2) is 47.0 Å². The number of ether oxygens (including phenoxy) is 2. The van der Waals surface area contributed by atoms with Gasteiger partial charge < -0.3 is 25.2 Å². The van der Waals surface area contributed by atoms with Crippen LogP contribution in [0.25, 0.3) is 10.9 Å². The molecule has 2 heterocycles. The number of aryl methyl sites for hydroxylation is 1. The Kier molecular flexibility index (Phi) is 6.77. The second-order valence-electron chi connectivity index (χ2n) is 12.7. The third kappa shape index (κ3) is 5.11. The molecule has 0 radical (unpaired) electrons. The number of hydrogen-bond donors (Lipinski definition) is 3. The molecule has 7 heteroatoms. The van der Waals surface area contributed by atoms with E-state index >= 15 is 0 Å². The third-order valence-corrected chi connectivity index (χ3v) is 9.77. The number of pyridine rings is 1. The third-order valence-electron chi connectivity index (χ3n) is 9.77. The molecule has 1 aromatic heterocycles. The maximum Gasteiger partial charge on any atom is 0.255 e. The number of nitrogens with one attached hydrogen (secondary N) is 2. The minimum absolute atomic E-state index is 0.158. The molecule has 1 amide bonds. The number of carbonyl (C=O) groups is 1. The largest absolute Gasteiger partial charge is 0.491 e. The first-order valence-electron chi connectivity index (χ1n) is 14.9. The highest BCUT2D eigenvalue weighted by Gasteiger charge is 2.54. The molecule has 5 fully saturated rings. The number of aromatic nitrogens is 1. The van der Waals surface area contributed by atoms with Crippen LogP contribution in [0.15, 0.2) is 48.7 Å². The number of rotatable bonds is 8. The molecule has 4 aliphatic carbocycles. The van der Waals surface area contributed by atoms with Crippen molar-refractivity contribution >= 4 is 22.5 Å². The topological polar surface area (TPSA) is 92.7 Å². The molecule has 4 bridgehead atoms. The van der Waals surface area contributed by atoms with Crippen LogP contribution in [-0.2, 0) is 11.3 Å². The van der Waals surface area contributed by atoms with E-state index in [-0.39, 0.29) is 12.0 Å². The van der Waals surface area contributed by atoms with E-state index in [1.165, 1.54) is 12.8 Å². The Labute approximate surface area is 235 Å². The minimum Gasteiger partial charge on any atom is -0.491 e. The van der Waals surface area contributed by atoms with Crippen LogP contribution in [0.1, 0.15) is 66.4 Å². The van der Waals surface area contributed by atoms with Gasteiger partial charge in [-0.1, -0.05) is 6.07 Å². The quantitative estimate of drug-likeness (QED) is 0.355. The van der Waals surface area contributed by atoms with Crippen molar-refractivity contribution in [2.75, 3.05) is 18.5 Å². The summed E-state index contributed by atoms with van der Waals surface area (Å²) >= 11 is 0. The molecule has 40 heavy (non-hydrogen) atoms. The first-order chi connectivity index (χ1) is 19.4. The van der Waals surface area contributed by atoms with E-state index < -0.39 is 5.60 Å². The van der Waals surface area contributed by atoms with Crippen molar-refractivity contribution in [3.63, 3.8) is 0 Å². The number of carbonyl (C=O) groups excluding carboxylic acids is 1. The summed E-state index contributed by atoms with van der Waals surface area (Å²) in [7, 11) is 0. The van der Waals surface area contributed by atoms with Crippen LogP contribution in [0, 0.1) is 24.7 Å². The highest BCUT2D eigenvalue weighted by atomic mass is 16.5. The Morgan fingerprint density at radius 1 is 1.12 bits per heavy atom. The van der Waals surface area contributed by atoms with Gasteiger partial charge in [-0.2, -0.15) is 0 Å². The number of amides is 1. The van der Waals surface area contributed by atoms with Crippen molar-refractivity contribution in [1.29, 1.82) is 0 Å². The summed E-state index contributed by atoms with van der Waals surface area (Å²) in [4.78, 5) is 17.8. The summed E-state index contributed by atoms with van der Waals surface area (Å²) in [5.41, 5.74) is 3.97. The van der Waals surface area contributed by atoms with E-state index in [1.54, 1.807) is 12.1 Å². The smallest absolute Gasteiger partial charge is 0.255 e. The Morgan fingerprint density at radius 3 is 2.65 bits per heavy atom. The maximum atomic E-state index is 13.0. The minimum atomic E-state index is -0.397. The lowest BCUT2D eigenvalue weighted by atomic mass is 9.52. The summed E-state index contributed by atoms with van der Waals surface area (Å²) in [6, 6.07) is 13.9. The van der Waals surface area contributed by atoms with E-state index in [0.29, 0.717) is 30.0 Å². The zero-order chi connectivity index (χ0) is 27.3. The van der Waals surface area contributed by atoms with Crippen LogP contribution in [0.5, 0.6) is 5.75 Å². The zero-order valence-electron chi connectivity index (χ0n) is 23.2. The average Bonchev–Trinajstić information content (AvgIpc) is 3.46. The number of anilines is 1. The van der Waals surface area contributed by atoms with Crippen molar-refractivity contribution in [2.45, 2.75) is 76.2 Å². The number of aliphatic hydroxyl groups is 1. The predicted molar refractivity (Wildman–Crippen MR) is 154 cm³/mol. The number of fused-ring (bicyclic) bond motifs is 1. The molecule has 3 aromatic rings. The van der Waals surface area contributed by atoms with E-state index in [1.807, 2.05) is 37.4 Å². The monoisotopic (exact) mass is 541 g/mol. The van der Waals surface area contributed by atoms with Gasteiger partial charge in [-0.15, -0.1) is 0 Å². The molecule has 3 unspecified atom stereocenters. The Hall–Kier alpha value is -3.00.